The molecule has 0 bridgehead atoms. The molecule has 4 rings (SSSR count). The first-order chi connectivity index (χ1) is 11.7. The van der Waals surface area contributed by atoms with Gasteiger partial charge in [0, 0.05) is 55.8 Å². The molecule has 0 aliphatic carbocycles. The molecule has 3 heterocycles. The smallest absolute Gasteiger partial charge is 0.269 e. The zero-order valence-electron chi connectivity index (χ0n) is 13.1. The average molecular weight is 342 g/mol. The maximum Gasteiger partial charge on any atom is 0.269 e. The number of hydrogen-bond donors (Lipinski definition) is 1. The summed E-state index contributed by atoms with van der Waals surface area (Å²) in [6.45, 7) is 3.71. The fourth-order valence-electron chi connectivity index (χ4n) is 3.03. The SMILES string of the molecule is O=S(=O)(c1cccnc1)n1ccc2ccc(N3CCNCC3)cc21. The van der Waals surface area contributed by atoms with E-state index in [0.717, 1.165) is 37.3 Å². The Bertz CT molecular complexity index is 961. The minimum absolute atomic E-state index is 0.190. The Morgan fingerprint density at radius 2 is 1.92 bits per heavy atom. The second-order valence-electron chi connectivity index (χ2n) is 5.79. The Kier molecular flexibility index (Phi) is 3.74. The van der Waals surface area contributed by atoms with Gasteiger partial charge >= 0.3 is 0 Å². The topological polar surface area (TPSA) is 67.2 Å². The minimum Gasteiger partial charge on any atom is -0.369 e. The van der Waals surface area contributed by atoms with Crippen molar-refractivity contribution in [3.8, 4) is 0 Å². The van der Waals surface area contributed by atoms with Crippen molar-refractivity contribution in [3.05, 3.63) is 55.0 Å². The molecule has 0 unspecified atom stereocenters. The van der Waals surface area contributed by atoms with Crippen LogP contribution in [0.3, 0.4) is 0 Å². The maximum absolute atomic E-state index is 12.9. The molecule has 24 heavy (non-hydrogen) atoms. The number of fused-ring (bicyclic) bond motifs is 1. The van der Waals surface area contributed by atoms with E-state index in [1.54, 1.807) is 24.5 Å². The highest BCUT2D eigenvalue weighted by Gasteiger charge is 2.20. The van der Waals surface area contributed by atoms with Crippen LogP contribution in [-0.2, 0) is 10.0 Å². The highest BCUT2D eigenvalue weighted by Crippen LogP contribution is 2.26. The largest absolute Gasteiger partial charge is 0.369 e. The first kappa shape index (κ1) is 15.2. The molecule has 0 spiro atoms. The van der Waals surface area contributed by atoms with Crippen LogP contribution >= 0.6 is 0 Å². The lowest BCUT2D eigenvalue weighted by molar-refractivity contribution is 0.587. The van der Waals surface area contributed by atoms with Gasteiger partial charge in [0.1, 0.15) is 4.90 Å². The molecular weight excluding hydrogens is 324 g/mol. The van der Waals surface area contributed by atoms with Crippen molar-refractivity contribution >= 4 is 26.6 Å². The normalized spacial score (nSPS) is 15.8. The fraction of sp³-hybridized carbons (Fsp3) is 0.235. The summed E-state index contributed by atoms with van der Waals surface area (Å²) in [5.41, 5.74) is 1.74. The van der Waals surface area contributed by atoms with Crippen molar-refractivity contribution in [2.24, 2.45) is 0 Å². The Balaban J connectivity index is 1.81. The molecule has 0 radical (unpaired) electrons. The van der Waals surface area contributed by atoms with Crippen LogP contribution in [0.15, 0.2) is 59.9 Å². The van der Waals surface area contributed by atoms with Gasteiger partial charge in [-0.25, -0.2) is 12.4 Å². The molecule has 7 heteroatoms. The molecule has 1 N–H and O–H groups in total. The van der Waals surface area contributed by atoms with E-state index >= 15 is 0 Å². The van der Waals surface area contributed by atoms with E-state index < -0.39 is 10.0 Å². The van der Waals surface area contributed by atoms with E-state index in [1.165, 1.54) is 10.2 Å². The second kappa shape index (κ2) is 5.92. The number of aromatic nitrogens is 2. The fourth-order valence-corrected chi connectivity index (χ4v) is 4.34. The molecule has 124 valence electrons. The molecule has 1 aliphatic rings. The number of benzene rings is 1. The quantitative estimate of drug-likeness (QED) is 0.784. The lowest BCUT2D eigenvalue weighted by Gasteiger charge is -2.29. The Morgan fingerprint density at radius 1 is 1.08 bits per heavy atom. The van der Waals surface area contributed by atoms with Gasteiger partial charge in [0.15, 0.2) is 0 Å². The maximum atomic E-state index is 12.9. The second-order valence-corrected chi connectivity index (χ2v) is 7.60. The molecular formula is C17H18N4O2S. The highest BCUT2D eigenvalue weighted by molar-refractivity contribution is 7.90. The number of anilines is 1. The van der Waals surface area contributed by atoms with Crippen molar-refractivity contribution in [3.63, 3.8) is 0 Å². The van der Waals surface area contributed by atoms with Crippen molar-refractivity contribution < 1.29 is 8.42 Å². The summed E-state index contributed by atoms with van der Waals surface area (Å²) in [6.07, 6.45) is 4.55. The van der Waals surface area contributed by atoms with Crippen LogP contribution in [0.25, 0.3) is 10.9 Å². The van der Waals surface area contributed by atoms with Crippen LogP contribution in [-0.4, -0.2) is 43.6 Å². The molecule has 2 aromatic heterocycles. The number of pyridine rings is 1. The summed E-state index contributed by atoms with van der Waals surface area (Å²) in [4.78, 5) is 6.38. The van der Waals surface area contributed by atoms with Gasteiger partial charge in [0.05, 0.1) is 5.52 Å². The van der Waals surface area contributed by atoms with Gasteiger partial charge in [-0.2, -0.15) is 0 Å². The number of nitrogens with zero attached hydrogens (tertiary/aromatic N) is 3. The van der Waals surface area contributed by atoms with Gasteiger partial charge in [-0.1, -0.05) is 6.07 Å². The van der Waals surface area contributed by atoms with E-state index in [1.807, 2.05) is 18.2 Å². The van der Waals surface area contributed by atoms with Crippen molar-refractivity contribution in [2.45, 2.75) is 4.90 Å². The zero-order valence-corrected chi connectivity index (χ0v) is 13.9. The molecule has 0 saturated carbocycles. The van der Waals surface area contributed by atoms with E-state index in [0.29, 0.717) is 5.52 Å². The van der Waals surface area contributed by atoms with Crippen LogP contribution in [0.1, 0.15) is 0 Å². The summed E-state index contributed by atoms with van der Waals surface area (Å²) in [6, 6.07) is 11.0. The lowest BCUT2D eigenvalue weighted by atomic mass is 10.2. The third-order valence-electron chi connectivity index (χ3n) is 4.31. The minimum atomic E-state index is -3.65. The molecule has 0 amide bonds. The highest BCUT2D eigenvalue weighted by atomic mass is 32.2. The molecule has 3 aromatic rings. The number of piperazine rings is 1. The Labute approximate surface area is 140 Å². The molecule has 1 aromatic carbocycles. The van der Waals surface area contributed by atoms with Gasteiger partial charge in [-0.3, -0.25) is 4.98 Å². The monoisotopic (exact) mass is 342 g/mol. The van der Waals surface area contributed by atoms with Crippen LogP contribution in [0.2, 0.25) is 0 Å². The number of hydrogen-bond acceptors (Lipinski definition) is 5. The first-order valence-electron chi connectivity index (χ1n) is 7.89. The van der Waals surface area contributed by atoms with E-state index in [-0.39, 0.29) is 4.90 Å². The number of rotatable bonds is 3. The lowest BCUT2D eigenvalue weighted by Crippen LogP contribution is -2.43. The van der Waals surface area contributed by atoms with E-state index in [4.69, 9.17) is 0 Å². The molecule has 1 aliphatic heterocycles. The zero-order chi connectivity index (χ0) is 16.6. The van der Waals surface area contributed by atoms with Gasteiger partial charge < -0.3 is 10.2 Å². The number of nitrogens with one attached hydrogen (secondary N) is 1. The van der Waals surface area contributed by atoms with E-state index in [2.05, 4.69) is 21.3 Å². The average Bonchev–Trinajstić information content (AvgIpc) is 3.07. The third kappa shape index (κ3) is 2.55. The van der Waals surface area contributed by atoms with Crippen molar-refractivity contribution in [1.29, 1.82) is 0 Å². The predicted molar refractivity (Wildman–Crippen MR) is 93.8 cm³/mol. The van der Waals surface area contributed by atoms with E-state index in [9.17, 15) is 8.42 Å². The molecule has 1 fully saturated rings. The standard InChI is InChI=1S/C17H18N4O2S/c22-24(23,16-2-1-6-19-13-16)21-9-5-14-3-4-15(12-17(14)21)20-10-7-18-8-11-20/h1-6,9,12-13,18H,7-8,10-11H2. The predicted octanol–water partition coefficient (Wildman–Crippen LogP) is 1.68. The summed E-state index contributed by atoms with van der Waals surface area (Å²) in [5.74, 6) is 0. The van der Waals surface area contributed by atoms with Gasteiger partial charge in [0.25, 0.3) is 10.0 Å². The molecule has 6 nitrogen and oxygen atoms in total. The summed E-state index contributed by atoms with van der Waals surface area (Å²) in [5, 5.41) is 4.23. The van der Waals surface area contributed by atoms with Crippen LogP contribution < -0.4 is 10.2 Å². The summed E-state index contributed by atoms with van der Waals surface area (Å²) >= 11 is 0. The van der Waals surface area contributed by atoms with Crippen LogP contribution in [0.4, 0.5) is 5.69 Å². The Morgan fingerprint density at radius 3 is 2.67 bits per heavy atom. The van der Waals surface area contributed by atoms with Gasteiger partial charge in [-0.15, -0.1) is 0 Å². The van der Waals surface area contributed by atoms with Gasteiger partial charge in [0.2, 0.25) is 0 Å². The molecule has 0 atom stereocenters. The van der Waals surface area contributed by atoms with Crippen LogP contribution in [0, 0.1) is 0 Å². The van der Waals surface area contributed by atoms with Crippen molar-refractivity contribution in [2.75, 3.05) is 31.1 Å². The van der Waals surface area contributed by atoms with Crippen molar-refractivity contribution in [1.82, 2.24) is 14.3 Å². The summed E-state index contributed by atoms with van der Waals surface area (Å²) in [7, 11) is -3.65. The molecule has 1 saturated heterocycles. The Hall–Kier alpha value is -2.38. The van der Waals surface area contributed by atoms with Crippen LogP contribution in [0.5, 0.6) is 0 Å². The first-order valence-corrected chi connectivity index (χ1v) is 9.33. The van der Waals surface area contributed by atoms with Gasteiger partial charge in [-0.05, 0) is 30.3 Å². The third-order valence-corrected chi connectivity index (χ3v) is 5.99. The summed E-state index contributed by atoms with van der Waals surface area (Å²) < 4.78 is 27.1.